The van der Waals surface area contributed by atoms with Crippen LogP contribution in [-0.2, 0) is 20.8 Å². The Kier molecular flexibility index (Phi) is 6.19. The third-order valence-corrected chi connectivity index (χ3v) is 2.34. The second-order valence-electron chi connectivity index (χ2n) is 3.60. The summed E-state index contributed by atoms with van der Waals surface area (Å²) in [7, 11) is 9.87. The molecule has 0 N–H and O–H groups in total. The molecule has 1 aliphatic rings. The van der Waals surface area contributed by atoms with Crippen LogP contribution in [0.15, 0.2) is 30.3 Å². The Bertz CT molecular complexity index is 345. The zero-order valence-corrected chi connectivity index (χ0v) is 12.8. The summed E-state index contributed by atoms with van der Waals surface area (Å²) in [5.41, 5.74) is 4.24. The fraction of sp³-hybridized carbons (Fsp3) is 0.250. The van der Waals surface area contributed by atoms with E-state index < -0.39 is 20.8 Å². The molecule has 0 atom stereocenters. The number of allylic oxidation sites excluding steroid dienone is 2. The first kappa shape index (κ1) is 13.5. The number of benzene rings is 1. The number of hydrogen-bond acceptors (Lipinski definition) is 0. The van der Waals surface area contributed by atoms with Gasteiger partial charge < -0.3 is 0 Å². The van der Waals surface area contributed by atoms with E-state index in [-0.39, 0.29) is 0 Å². The van der Waals surface area contributed by atoms with Gasteiger partial charge in [0.1, 0.15) is 0 Å². The van der Waals surface area contributed by atoms with Gasteiger partial charge in [-0.15, -0.1) is 0 Å². The van der Waals surface area contributed by atoms with Crippen LogP contribution >= 0.6 is 17.0 Å². The van der Waals surface area contributed by atoms with Gasteiger partial charge in [0, 0.05) is 6.42 Å². The summed E-state index contributed by atoms with van der Waals surface area (Å²) in [5.74, 6) is 0.630. The van der Waals surface area contributed by atoms with Gasteiger partial charge in [-0.1, -0.05) is 44.2 Å². The molecule has 0 saturated carbocycles. The van der Waals surface area contributed by atoms with Crippen molar-refractivity contribution in [1.82, 2.24) is 0 Å². The maximum absolute atomic E-state index is 4.93. The number of halogens is 2. The van der Waals surface area contributed by atoms with Crippen molar-refractivity contribution >= 4 is 22.6 Å². The summed E-state index contributed by atoms with van der Waals surface area (Å²) >= 11 is -0.826. The monoisotopic (exact) mass is 317 g/mol. The van der Waals surface area contributed by atoms with E-state index in [4.69, 9.17) is 17.0 Å². The Morgan fingerprint density at radius 2 is 1.73 bits per heavy atom. The third-order valence-electron chi connectivity index (χ3n) is 2.34. The van der Waals surface area contributed by atoms with E-state index >= 15 is 0 Å². The van der Waals surface area contributed by atoms with Crippen molar-refractivity contribution in [2.75, 3.05) is 0 Å². The maximum atomic E-state index is 4.93. The van der Waals surface area contributed by atoms with E-state index in [0.29, 0.717) is 5.92 Å². The number of rotatable bonds is 1. The van der Waals surface area contributed by atoms with E-state index in [1.54, 1.807) is 0 Å². The van der Waals surface area contributed by atoms with Gasteiger partial charge in [0.25, 0.3) is 0 Å². The average Bonchev–Trinajstić information content (AvgIpc) is 2.62. The molecule has 79 valence electrons. The molecular formula is C12H13Cl2Zr. The van der Waals surface area contributed by atoms with Crippen LogP contribution in [0.4, 0.5) is 0 Å². The zero-order valence-electron chi connectivity index (χ0n) is 8.80. The van der Waals surface area contributed by atoms with E-state index in [2.05, 4.69) is 50.6 Å². The normalized spacial score (nSPS) is 12.7. The Balaban J connectivity index is 0.000000337. The molecule has 0 spiro atoms. The fourth-order valence-corrected chi connectivity index (χ4v) is 1.68. The molecule has 2 rings (SSSR count). The molecule has 1 aromatic carbocycles. The van der Waals surface area contributed by atoms with Gasteiger partial charge in [0.15, 0.2) is 0 Å². The summed E-state index contributed by atoms with van der Waals surface area (Å²) in [4.78, 5) is 0. The zero-order chi connectivity index (χ0) is 11.3. The van der Waals surface area contributed by atoms with Gasteiger partial charge in [-0.05, 0) is 22.6 Å². The number of hydrogen-bond donors (Lipinski definition) is 0. The molecule has 0 aliphatic heterocycles. The van der Waals surface area contributed by atoms with Gasteiger partial charge >= 0.3 is 37.9 Å². The summed E-state index contributed by atoms with van der Waals surface area (Å²) in [6, 6.07) is 8.56. The third kappa shape index (κ3) is 3.73. The van der Waals surface area contributed by atoms with Crippen molar-refractivity contribution in [3.63, 3.8) is 0 Å². The first-order chi connectivity index (χ1) is 7.20. The predicted molar refractivity (Wildman–Crippen MR) is 64.4 cm³/mol. The first-order valence-corrected chi connectivity index (χ1v) is 11.1. The second-order valence-corrected chi connectivity index (χ2v) is 7.33. The molecule has 0 aromatic heterocycles. The van der Waals surface area contributed by atoms with Crippen molar-refractivity contribution in [3.8, 4) is 0 Å². The minimum absolute atomic E-state index is 0.630. The molecule has 0 saturated heterocycles. The SMILES string of the molecule is CC(C)C1=C[CH]c2ccccc21.[Cl][Zr][Cl]. The van der Waals surface area contributed by atoms with Crippen LogP contribution in [0.2, 0.25) is 0 Å². The summed E-state index contributed by atoms with van der Waals surface area (Å²) in [6.45, 7) is 4.48. The van der Waals surface area contributed by atoms with Gasteiger partial charge in [0.05, 0.1) is 0 Å². The fourth-order valence-electron chi connectivity index (χ4n) is 1.68. The minimum atomic E-state index is -0.826. The molecule has 0 amide bonds. The molecule has 1 aliphatic carbocycles. The Hall–Kier alpha value is 0.423. The van der Waals surface area contributed by atoms with Crippen molar-refractivity contribution in [1.29, 1.82) is 0 Å². The standard InChI is InChI=1S/C12H13.2ClH.Zr/c1-9(2)11-8-7-10-5-3-4-6-12(10)11;;;/h3-9H,1-2H3;2*1H;/q;;;+2/p-2. The first-order valence-electron chi connectivity index (χ1n) is 4.81. The van der Waals surface area contributed by atoms with Crippen molar-refractivity contribution < 1.29 is 20.8 Å². The molecule has 0 unspecified atom stereocenters. The predicted octanol–water partition coefficient (Wildman–Crippen LogP) is 4.67. The van der Waals surface area contributed by atoms with E-state index in [1.165, 1.54) is 16.7 Å². The number of fused-ring (bicyclic) bond motifs is 1. The molecule has 0 bridgehead atoms. The van der Waals surface area contributed by atoms with Crippen LogP contribution in [0.1, 0.15) is 25.0 Å². The van der Waals surface area contributed by atoms with Crippen LogP contribution in [0.25, 0.3) is 5.57 Å². The van der Waals surface area contributed by atoms with Gasteiger partial charge in [0.2, 0.25) is 0 Å². The second kappa shape index (κ2) is 6.89. The average molecular weight is 319 g/mol. The van der Waals surface area contributed by atoms with Crippen molar-refractivity contribution in [2.24, 2.45) is 5.92 Å². The van der Waals surface area contributed by atoms with E-state index in [9.17, 15) is 0 Å². The summed E-state index contributed by atoms with van der Waals surface area (Å²) < 4.78 is 0. The van der Waals surface area contributed by atoms with Crippen LogP contribution in [0, 0.1) is 12.3 Å². The van der Waals surface area contributed by atoms with Crippen molar-refractivity contribution in [2.45, 2.75) is 13.8 Å². The Morgan fingerprint density at radius 3 is 2.33 bits per heavy atom. The Morgan fingerprint density at radius 1 is 1.13 bits per heavy atom. The summed E-state index contributed by atoms with van der Waals surface area (Å²) in [5, 5.41) is 0. The van der Waals surface area contributed by atoms with Crippen molar-refractivity contribution in [3.05, 3.63) is 47.9 Å². The molecule has 1 radical (unpaired) electrons. The summed E-state index contributed by atoms with van der Waals surface area (Å²) in [6.07, 6.45) is 4.43. The molecule has 0 heterocycles. The topological polar surface area (TPSA) is 0 Å². The molecule has 0 nitrogen and oxygen atoms in total. The quantitative estimate of drug-likeness (QED) is 0.706. The van der Waals surface area contributed by atoms with Crippen LogP contribution < -0.4 is 0 Å². The van der Waals surface area contributed by atoms with E-state index in [1.807, 2.05) is 0 Å². The van der Waals surface area contributed by atoms with Gasteiger partial charge in [-0.2, -0.15) is 0 Å². The van der Waals surface area contributed by atoms with Crippen LogP contribution in [0.5, 0.6) is 0 Å². The molecule has 0 fully saturated rings. The molecule has 3 heteroatoms. The van der Waals surface area contributed by atoms with E-state index in [0.717, 1.165) is 0 Å². The molecular weight excluding hydrogens is 306 g/mol. The molecule has 1 aromatic rings. The van der Waals surface area contributed by atoms with Crippen LogP contribution in [-0.4, -0.2) is 0 Å². The Labute approximate surface area is 110 Å². The molecule has 15 heavy (non-hydrogen) atoms. The van der Waals surface area contributed by atoms with Gasteiger partial charge in [-0.3, -0.25) is 0 Å². The van der Waals surface area contributed by atoms with Gasteiger partial charge in [-0.25, -0.2) is 0 Å². The van der Waals surface area contributed by atoms with Crippen LogP contribution in [0.3, 0.4) is 0 Å².